The summed E-state index contributed by atoms with van der Waals surface area (Å²) in [6.45, 7) is 3.98. The van der Waals surface area contributed by atoms with E-state index in [1.54, 1.807) is 6.20 Å². The van der Waals surface area contributed by atoms with Crippen LogP contribution in [0, 0.1) is 0 Å². The third kappa shape index (κ3) is 3.08. The highest BCUT2D eigenvalue weighted by Crippen LogP contribution is 2.23. The van der Waals surface area contributed by atoms with E-state index in [-0.39, 0.29) is 6.10 Å². The van der Waals surface area contributed by atoms with Crippen molar-refractivity contribution in [3.05, 3.63) is 48.7 Å². The Bertz CT molecular complexity index is 706. The zero-order chi connectivity index (χ0) is 14.7. The van der Waals surface area contributed by atoms with Gasteiger partial charge in [-0.05, 0) is 50.2 Å². The molecule has 1 aromatic carbocycles. The van der Waals surface area contributed by atoms with Gasteiger partial charge in [-0.2, -0.15) is 4.98 Å². The molecule has 0 fully saturated rings. The van der Waals surface area contributed by atoms with Crippen LogP contribution in [0.25, 0.3) is 23.0 Å². The largest absolute Gasteiger partial charge is 0.491 e. The number of benzene rings is 1. The zero-order valence-corrected chi connectivity index (χ0v) is 11.9. The maximum atomic E-state index is 5.60. The van der Waals surface area contributed by atoms with Gasteiger partial charge in [0.05, 0.1) is 6.10 Å². The number of ether oxygens (including phenoxy) is 1. The van der Waals surface area contributed by atoms with Gasteiger partial charge in [0.15, 0.2) is 0 Å². The van der Waals surface area contributed by atoms with Gasteiger partial charge in [-0.15, -0.1) is 0 Å². The third-order valence-electron chi connectivity index (χ3n) is 2.79. The van der Waals surface area contributed by atoms with Crippen LogP contribution in [0.3, 0.4) is 0 Å². The lowest BCUT2D eigenvalue weighted by atomic mass is 10.2. The zero-order valence-electron chi connectivity index (χ0n) is 11.9. The van der Waals surface area contributed by atoms with E-state index in [2.05, 4.69) is 15.1 Å². The van der Waals surface area contributed by atoms with Crippen molar-refractivity contribution in [2.75, 3.05) is 0 Å². The summed E-state index contributed by atoms with van der Waals surface area (Å²) in [4.78, 5) is 8.56. The van der Waals surface area contributed by atoms with Crippen LogP contribution < -0.4 is 4.74 Å². The molecule has 0 spiro atoms. The van der Waals surface area contributed by atoms with Crippen molar-refractivity contribution in [1.29, 1.82) is 0 Å². The summed E-state index contributed by atoms with van der Waals surface area (Å²) in [5.74, 6) is 1.76. The van der Waals surface area contributed by atoms with Gasteiger partial charge >= 0.3 is 0 Å². The minimum Gasteiger partial charge on any atom is -0.491 e. The molecule has 0 aliphatic rings. The summed E-state index contributed by atoms with van der Waals surface area (Å²) in [6, 6.07) is 13.1. The predicted octanol–water partition coefficient (Wildman–Crippen LogP) is 3.59. The molecule has 5 nitrogen and oxygen atoms in total. The number of hydrogen-bond acceptors (Lipinski definition) is 5. The summed E-state index contributed by atoms with van der Waals surface area (Å²) in [6.07, 6.45) is 1.85. The summed E-state index contributed by atoms with van der Waals surface area (Å²) in [7, 11) is 0. The van der Waals surface area contributed by atoms with Crippen molar-refractivity contribution < 1.29 is 9.26 Å². The minimum absolute atomic E-state index is 0.148. The van der Waals surface area contributed by atoms with Gasteiger partial charge in [-0.3, -0.25) is 4.98 Å². The maximum Gasteiger partial charge on any atom is 0.258 e. The van der Waals surface area contributed by atoms with E-state index in [0.717, 1.165) is 11.3 Å². The number of aromatic nitrogens is 3. The van der Waals surface area contributed by atoms with E-state index >= 15 is 0 Å². The molecule has 0 amide bonds. The third-order valence-corrected chi connectivity index (χ3v) is 2.79. The van der Waals surface area contributed by atoms with Crippen LogP contribution in [0.15, 0.2) is 53.2 Å². The smallest absolute Gasteiger partial charge is 0.258 e. The topological polar surface area (TPSA) is 61.0 Å². The highest BCUT2D eigenvalue weighted by molar-refractivity contribution is 5.58. The Morgan fingerprint density at radius 1 is 1.05 bits per heavy atom. The molecular weight excluding hydrogens is 266 g/mol. The Hall–Kier alpha value is -2.69. The average Bonchev–Trinajstić information content (AvgIpc) is 2.98. The lowest BCUT2D eigenvalue weighted by Gasteiger charge is -2.09. The second-order valence-electron chi connectivity index (χ2n) is 4.83. The van der Waals surface area contributed by atoms with Gasteiger partial charge in [0, 0.05) is 11.8 Å². The molecule has 0 aliphatic heterocycles. The molecule has 2 aromatic heterocycles. The van der Waals surface area contributed by atoms with Gasteiger partial charge in [-0.25, -0.2) is 0 Å². The van der Waals surface area contributed by atoms with Crippen molar-refractivity contribution in [3.8, 4) is 28.7 Å². The van der Waals surface area contributed by atoms with E-state index in [4.69, 9.17) is 9.26 Å². The van der Waals surface area contributed by atoms with Crippen molar-refractivity contribution in [3.63, 3.8) is 0 Å². The Balaban J connectivity index is 1.83. The molecule has 21 heavy (non-hydrogen) atoms. The lowest BCUT2D eigenvalue weighted by Crippen LogP contribution is -2.05. The second kappa shape index (κ2) is 5.75. The van der Waals surface area contributed by atoms with Crippen molar-refractivity contribution in [2.45, 2.75) is 20.0 Å². The van der Waals surface area contributed by atoms with Crippen LogP contribution in [0.1, 0.15) is 13.8 Å². The SMILES string of the molecule is CC(C)Oc1ccc(-c2nc(-c3ccccn3)no2)cc1. The molecule has 0 bridgehead atoms. The van der Waals surface area contributed by atoms with E-state index in [1.165, 1.54) is 0 Å². The van der Waals surface area contributed by atoms with Gasteiger partial charge in [-0.1, -0.05) is 11.2 Å². The Labute approximate surface area is 122 Å². The van der Waals surface area contributed by atoms with Gasteiger partial charge in [0.2, 0.25) is 5.82 Å². The fourth-order valence-corrected chi connectivity index (χ4v) is 1.89. The number of rotatable bonds is 4. The van der Waals surface area contributed by atoms with Crippen LogP contribution in [-0.4, -0.2) is 21.2 Å². The van der Waals surface area contributed by atoms with E-state index in [9.17, 15) is 0 Å². The van der Waals surface area contributed by atoms with Crippen molar-refractivity contribution >= 4 is 0 Å². The molecular formula is C16H15N3O2. The molecule has 106 valence electrons. The first-order valence-electron chi connectivity index (χ1n) is 6.74. The van der Waals surface area contributed by atoms with Crippen LogP contribution in [0.2, 0.25) is 0 Å². The summed E-state index contributed by atoms with van der Waals surface area (Å²) >= 11 is 0. The Morgan fingerprint density at radius 3 is 2.52 bits per heavy atom. The van der Waals surface area contributed by atoms with Crippen LogP contribution >= 0.6 is 0 Å². The molecule has 0 saturated heterocycles. The van der Waals surface area contributed by atoms with Crippen LogP contribution in [0.4, 0.5) is 0 Å². The molecule has 5 heteroatoms. The fourth-order valence-electron chi connectivity index (χ4n) is 1.89. The summed E-state index contributed by atoms with van der Waals surface area (Å²) in [5.41, 5.74) is 1.54. The normalized spacial score (nSPS) is 10.8. The average molecular weight is 281 g/mol. The Morgan fingerprint density at radius 2 is 1.86 bits per heavy atom. The fraction of sp³-hybridized carbons (Fsp3) is 0.188. The number of nitrogens with zero attached hydrogens (tertiary/aromatic N) is 3. The first-order valence-corrected chi connectivity index (χ1v) is 6.74. The van der Waals surface area contributed by atoms with Crippen LogP contribution in [-0.2, 0) is 0 Å². The number of hydrogen-bond donors (Lipinski definition) is 0. The van der Waals surface area contributed by atoms with Crippen molar-refractivity contribution in [2.24, 2.45) is 0 Å². The second-order valence-corrected chi connectivity index (χ2v) is 4.83. The predicted molar refractivity (Wildman–Crippen MR) is 78.7 cm³/mol. The Kier molecular flexibility index (Phi) is 3.64. The monoisotopic (exact) mass is 281 g/mol. The van der Waals surface area contributed by atoms with E-state index in [0.29, 0.717) is 17.4 Å². The molecule has 0 saturated carbocycles. The lowest BCUT2D eigenvalue weighted by molar-refractivity contribution is 0.242. The van der Waals surface area contributed by atoms with Gasteiger partial charge in [0.1, 0.15) is 11.4 Å². The molecule has 0 unspecified atom stereocenters. The number of pyridine rings is 1. The summed E-state index contributed by atoms with van der Waals surface area (Å²) in [5, 5.41) is 3.95. The molecule has 2 heterocycles. The maximum absolute atomic E-state index is 5.60. The molecule has 0 N–H and O–H groups in total. The van der Waals surface area contributed by atoms with Gasteiger partial charge < -0.3 is 9.26 Å². The molecule has 0 radical (unpaired) electrons. The molecule has 3 rings (SSSR count). The highest BCUT2D eigenvalue weighted by atomic mass is 16.5. The van der Waals surface area contributed by atoms with Crippen LogP contribution in [0.5, 0.6) is 5.75 Å². The molecule has 3 aromatic rings. The summed E-state index contributed by atoms with van der Waals surface area (Å²) < 4.78 is 10.9. The first-order chi connectivity index (χ1) is 10.2. The van der Waals surface area contributed by atoms with E-state index in [1.807, 2.05) is 56.3 Å². The quantitative estimate of drug-likeness (QED) is 0.731. The first kappa shape index (κ1) is 13.3. The molecule has 0 atom stereocenters. The standard InChI is InChI=1S/C16H15N3O2/c1-11(2)20-13-8-6-12(7-9-13)16-18-15(19-21-16)14-5-3-4-10-17-14/h3-11H,1-2H3. The van der Waals surface area contributed by atoms with E-state index < -0.39 is 0 Å². The minimum atomic E-state index is 0.148. The highest BCUT2D eigenvalue weighted by Gasteiger charge is 2.11. The van der Waals surface area contributed by atoms with Gasteiger partial charge in [0.25, 0.3) is 5.89 Å². The molecule has 0 aliphatic carbocycles. The van der Waals surface area contributed by atoms with Crippen molar-refractivity contribution in [1.82, 2.24) is 15.1 Å².